The fourth-order valence-electron chi connectivity index (χ4n) is 1.30. The Hall–Kier alpha value is -1.00. The van der Waals surface area contributed by atoms with Gasteiger partial charge in [0.25, 0.3) is 0 Å². The number of aliphatic carboxylic acids is 1. The average molecular weight is 239 g/mol. The molecule has 16 heavy (non-hydrogen) atoms. The van der Waals surface area contributed by atoms with Gasteiger partial charge in [0.05, 0.1) is 0 Å². The van der Waals surface area contributed by atoms with E-state index in [1.807, 2.05) is 18.2 Å². The summed E-state index contributed by atoms with van der Waals surface area (Å²) in [6.07, 6.45) is 2.09. The van der Waals surface area contributed by atoms with Crippen molar-refractivity contribution in [1.29, 1.82) is 0 Å². The standard InChI is InChI=1S/C12H17NO2S/c13-11(12(14)15)9-16-8-4-7-10-5-2-1-3-6-10/h1-3,5-6,11H,4,7-9,13H2,(H,14,15)/t11-/m0/s1. The Morgan fingerprint density at radius 2 is 2.06 bits per heavy atom. The minimum atomic E-state index is -0.921. The number of carboxylic acid groups (broad SMARTS) is 1. The first-order valence-corrected chi connectivity index (χ1v) is 6.45. The molecule has 1 aromatic carbocycles. The highest BCUT2D eigenvalue weighted by Crippen LogP contribution is 2.08. The van der Waals surface area contributed by atoms with Crippen molar-refractivity contribution in [3.63, 3.8) is 0 Å². The molecule has 0 spiro atoms. The van der Waals surface area contributed by atoms with Crippen LogP contribution in [0.4, 0.5) is 0 Å². The highest BCUT2D eigenvalue weighted by Gasteiger charge is 2.10. The van der Waals surface area contributed by atoms with E-state index >= 15 is 0 Å². The minimum Gasteiger partial charge on any atom is -0.480 e. The van der Waals surface area contributed by atoms with Crippen LogP contribution < -0.4 is 5.73 Å². The molecule has 0 amide bonds. The van der Waals surface area contributed by atoms with Gasteiger partial charge in [0, 0.05) is 5.75 Å². The van der Waals surface area contributed by atoms with Gasteiger partial charge in [-0.05, 0) is 24.2 Å². The van der Waals surface area contributed by atoms with Crippen LogP contribution in [0.2, 0.25) is 0 Å². The fourth-order valence-corrected chi connectivity index (χ4v) is 2.22. The van der Waals surface area contributed by atoms with Crippen LogP contribution in [-0.2, 0) is 11.2 Å². The third kappa shape index (κ3) is 5.19. The maximum Gasteiger partial charge on any atom is 0.321 e. The van der Waals surface area contributed by atoms with Gasteiger partial charge in [-0.15, -0.1) is 0 Å². The summed E-state index contributed by atoms with van der Waals surface area (Å²) < 4.78 is 0. The predicted molar refractivity (Wildman–Crippen MR) is 67.7 cm³/mol. The van der Waals surface area contributed by atoms with Crippen molar-refractivity contribution < 1.29 is 9.90 Å². The molecule has 88 valence electrons. The summed E-state index contributed by atoms with van der Waals surface area (Å²) in [6.45, 7) is 0. The van der Waals surface area contributed by atoms with E-state index in [1.54, 1.807) is 11.8 Å². The monoisotopic (exact) mass is 239 g/mol. The van der Waals surface area contributed by atoms with Gasteiger partial charge in [-0.1, -0.05) is 30.3 Å². The number of aryl methyl sites for hydroxylation is 1. The number of benzene rings is 1. The molecule has 0 aliphatic carbocycles. The van der Waals surface area contributed by atoms with Crippen molar-refractivity contribution in [2.24, 2.45) is 5.73 Å². The molecule has 3 nitrogen and oxygen atoms in total. The molecule has 4 heteroatoms. The van der Waals surface area contributed by atoms with Crippen LogP contribution in [0.25, 0.3) is 0 Å². The van der Waals surface area contributed by atoms with Gasteiger partial charge >= 0.3 is 5.97 Å². The summed E-state index contributed by atoms with van der Waals surface area (Å²) in [5.74, 6) is 0.524. The number of nitrogens with two attached hydrogens (primary N) is 1. The highest BCUT2D eigenvalue weighted by atomic mass is 32.2. The number of thioether (sulfide) groups is 1. The summed E-state index contributed by atoms with van der Waals surface area (Å²) in [6, 6.07) is 9.54. The molecule has 0 aliphatic heterocycles. The van der Waals surface area contributed by atoms with Crippen molar-refractivity contribution in [2.75, 3.05) is 11.5 Å². The van der Waals surface area contributed by atoms with Crippen LogP contribution in [0, 0.1) is 0 Å². The van der Waals surface area contributed by atoms with Crippen LogP contribution in [0.3, 0.4) is 0 Å². The molecule has 0 aromatic heterocycles. The van der Waals surface area contributed by atoms with Crippen LogP contribution in [0.5, 0.6) is 0 Å². The number of hydrogen-bond acceptors (Lipinski definition) is 3. The van der Waals surface area contributed by atoms with Gasteiger partial charge in [-0.3, -0.25) is 4.79 Å². The Balaban J connectivity index is 2.07. The highest BCUT2D eigenvalue weighted by molar-refractivity contribution is 7.99. The van der Waals surface area contributed by atoms with Crippen LogP contribution >= 0.6 is 11.8 Å². The molecule has 1 atom stereocenters. The molecule has 1 aromatic rings. The lowest BCUT2D eigenvalue weighted by Crippen LogP contribution is -2.32. The molecule has 3 N–H and O–H groups in total. The molecule has 0 aliphatic rings. The van der Waals surface area contributed by atoms with E-state index in [9.17, 15) is 4.79 Å². The van der Waals surface area contributed by atoms with Crippen molar-refractivity contribution in [3.05, 3.63) is 35.9 Å². The van der Waals surface area contributed by atoms with Crippen LogP contribution in [0.15, 0.2) is 30.3 Å². The van der Waals surface area contributed by atoms with Gasteiger partial charge < -0.3 is 10.8 Å². The predicted octanol–water partition coefficient (Wildman–Crippen LogP) is 1.76. The first-order chi connectivity index (χ1) is 7.70. The third-order valence-corrected chi connectivity index (χ3v) is 3.38. The third-order valence-electron chi connectivity index (χ3n) is 2.21. The smallest absolute Gasteiger partial charge is 0.321 e. The zero-order valence-electron chi connectivity index (χ0n) is 9.13. The zero-order chi connectivity index (χ0) is 11.8. The Morgan fingerprint density at radius 1 is 1.38 bits per heavy atom. The number of carboxylic acids is 1. The van der Waals surface area contributed by atoms with Gasteiger partial charge in [0.15, 0.2) is 0 Å². The Labute approximate surface area is 100 Å². The molecule has 0 heterocycles. The van der Waals surface area contributed by atoms with E-state index < -0.39 is 12.0 Å². The number of carbonyl (C=O) groups is 1. The van der Waals surface area contributed by atoms with Crippen LogP contribution in [0.1, 0.15) is 12.0 Å². The zero-order valence-corrected chi connectivity index (χ0v) is 9.95. The first-order valence-electron chi connectivity index (χ1n) is 5.30. The lowest BCUT2D eigenvalue weighted by Gasteiger charge is -2.05. The Morgan fingerprint density at radius 3 is 2.69 bits per heavy atom. The van der Waals surface area contributed by atoms with Crippen molar-refractivity contribution >= 4 is 17.7 Å². The molecule has 0 radical (unpaired) electrons. The summed E-state index contributed by atoms with van der Waals surface area (Å²) in [5.41, 5.74) is 6.71. The summed E-state index contributed by atoms with van der Waals surface area (Å²) in [5, 5.41) is 8.58. The Kier molecular flexibility index (Phi) is 5.96. The molecular formula is C12H17NO2S. The van der Waals surface area contributed by atoms with E-state index in [0.717, 1.165) is 18.6 Å². The van der Waals surface area contributed by atoms with Crippen molar-refractivity contribution in [1.82, 2.24) is 0 Å². The largest absolute Gasteiger partial charge is 0.480 e. The van der Waals surface area contributed by atoms with E-state index in [2.05, 4.69) is 12.1 Å². The Bertz CT molecular complexity index is 316. The fraction of sp³-hybridized carbons (Fsp3) is 0.417. The SMILES string of the molecule is N[C@@H](CSCCCc1ccccc1)C(=O)O. The van der Waals surface area contributed by atoms with Gasteiger partial charge in [-0.25, -0.2) is 0 Å². The maximum atomic E-state index is 10.4. The lowest BCUT2D eigenvalue weighted by molar-refractivity contribution is -0.137. The number of rotatable bonds is 7. The van der Waals surface area contributed by atoms with Gasteiger partial charge in [-0.2, -0.15) is 11.8 Å². The second-order valence-corrected chi connectivity index (χ2v) is 4.76. The molecular weight excluding hydrogens is 222 g/mol. The minimum absolute atomic E-state index is 0.490. The van der Waals surface area contributed by atoms with Gasteiger partial charge in [0.2, 0.25) is 0 Å². The lowest BCUT2D eigenvalue weighted by atomic mass is 10.1. The average Bonchev–Trinajstić information content (AvgIpc) is 2.29. The summed E-state index contributed by atoms with van der Waals surface area (Å²) in [4.78, 5) is 10.4. The summed E-state index contributed by atoms with van der Waals surface area (Å²) >= 11 is 1.60. The maximum absolute atomic E-state index is 10.4. The molecule has 0 fully saturated rings. The summed E-state index contributed by atoms with van der Waals surface area (Å²) in [7, 11) is 0. The van der Waals surface area contributed by atoms with Crippen LogP contribution in [-0.4, -0.2) is 28.6 Å². The molecule has 0 saturated carbocycles. The number of hydrogen-bond donors (Lipinski definition) is 2. The molecule has 1 rings (SSSR count). The topological polar surface area (TPSA) is 63.3 Å². The van der Waals surface area contributed by atoms with Gasteiger partial charge in [0.1, 0.15) is 6.04 Å². The van der Waals surface area contributed by atoms with E-state index in [1.165, 1.54) is 5.56 Å². The van der Waals surface area contributed by atoms with E-state index in [-0.39, 0.29) is 0 Å². The van der Waals surface area contributed by atoms with E-state index in [0.29, 0.717) is 5.75 Å². The molecule has 0 bridgehead atoms. The normalized spacial score (nSPS) is 12.3. The first kappa shape index (κ1) is 13.1. The second-order valence-electron chi connectivity index (χ2n) is 3.61. The molecule has 0 unspecified atom stereocenters. The second kappa shape index (κ2) is 7.30. The quantitative estimate of drug-likeness (QED) is 0.712. The van der Waals surface area contributed by atoms with Crippen molar-refractivity contribution in [3.8, 4) is 0 Å². The molecule has 0 saturated heterocycles. The van der Waals surface area contributed by atoms with E-state index in [4.69, 9.17) is 10.8 Å². The van der Waals surface area contributed by atoms with Crippen molar-refractivity contribution in [2.45, 2.75) is 18.9 Å².